The molecule has 0 bridgehead atoms. The van der Waals surface area contributed by atoms with Crippen LogP contribution in [0.15, 0.2) is 12.3 Å². The molecule has 2 aromatic rings. The zero-order valence-electron chi connectivity index (χ0n) is 11.7. The van der Waals surface area contributed by atoms with Crippen molar-refractivity contribution in [3.05, 3.63) is 44.2 Å². The van der Waals surface area contributed by atoms with Crippen LogP contribution in [0, 0.1) is 17.0 Å². The molecule has 2 heterocycles. The monoisotopic (exact) mass is 323 g/mol. The number of rotatable bonds is 4. The molecular weight excluding hydrogens is 310 g/mol. The number of nitrogen functional groups attached to an aromatic ring is 3. The van der Waals surface area contributed by atoms with Gasteiger partial charge in [-0.1, -0.05) is 11.6 Å². The maximum absolute atomic E-state index is 11.1. The Balaban J connectivity index is 2.69. The molecule has 22 heavy (non-hydrogen) atoms. The molecule has 0 fully saturated rings. The molecule has 1 atom stereocenters. The first-order valence-corrected chi connectivity index (χ1v) is 6.60. The van der Waals surface area contributed by atoms with Crippen LogP contribution in [0.2, 0.25) is 5.15 Å². The minimum atomic E-state index is -0.822. The molecule has 9 nitrogen and oxygen atoms in total. The molecule has 6 N–H and O–H groups in total. The van der Waals surface area contributed by atoms with Crippen molar-refractivity contribution < 1.29 is 4.92 Å². The molecule has 0 aliphatic rings. The summed E-state index contributed by atoms with van der Waals surface area (Å²) in [7, 11) is 0. The van der Waals surface area contributed by atoms with Crippen LogP contribution < -0.4 is 17.2 Å². The molecule has 0 saturated heterocycles. The summed E-state index contributed by atoms with van der Waals surface area (Å²) in [5.74, 6) is -0.961. The number of pyridine rings is 1. The lowest BCUT2D eigenvalue weighted by Gasteiger charge is -2.19. The summed E-state index contributed by atoms with van der Waals surface area (Å²) in [6.45, 7) is 1.29. The average Bonchev–Trinajstić information content (AvgIpc) is 2.36. The highest BCUT2D eigenvalue weighted by atomic mass is 35.5. The van der Waals surface area contributed by atoms with Gasteiger partial charge in [-0.05, 0) is 18.6 Å². The van der Waals surface area contributed by atoms with Crippen molar-refractivity contribution in [1.29, 1.82) is 0 Å². The Labute approximate surface area is 130 Å². The van der Waals surface area contributed by atoms with Gasteiger partial charge >= 0.3 is 0 Å². The molecule has 2 aromatic heterocycles. The smallest absolute Gasteiger partial charge is 0.223 e. The first-order valence-electron chi connectivity index (χ1n) is 6.22. The fraction of sp³-hybridized carbons (Fsp3) is 0.250. The van der Waals surface area contributed by atoms with Gasteiger partial charge in [-0.15, -0.1) is 0 Å². The summed E-state index contributed by atoms with van der Waals surface area (Å²) in [5.41, 5.74) is 18.6. The van der Waals surface area contributed by atoms with E-state index in [1.165, 1.54) is 6.20 Å². The van der Waals surface area contributed by atoms with Crippen molar-refractivity contribution in [3.8, 4) is 0 Å². The Morgan fingerprint density at radius 1 is 1.27 bits per heavy atom. The maximum atomic E-state index is 11.1. The second kappa shape index (κ2) is 5.98. The Kier molecular flexibility index (Phi) is 4.27. The molecule has 0 aliphatic heterocycles. The van der Waals surface area contributed by atoms with E-state index in [4.69, 9.17) is 28.8 Å². The van der Waals surface area contributed by atoms with Gasteiger partial charge in [0.15, 0.2) is 0 Å². The number of anilines is 3. The normalized spacial score (nSPS) is 12.1. The highest BCUT2D eigenvalue weighted by Crippen LogP contribution is 2.36. The van der Waals surface area contributed by atoms with E-state index >= 15 is 0 Å². The average molecular weight is 324 g/mol. The third-order valence-corrected chi connectivity index (χ3v) is 3.51. The van der Waals surface area contributed by atoms with Gasteiger partial charge in [0.25, 0.3) is 0 Å². The summed E-state index contributed by atoms with van der Waals surface area (Å²) in [6, 6.07) is 1.69. The van der Waals surface area contributed by atoms with Gasteiger partial charge in [0, 0.05) is 16.7 Å². The van der Waals surface area contributed by atoms with Crippen LogP contribution in [-0.2, 0) is 0 Å². The van der Waals surface area contributed by atoms with Crippen LogP contribution in [-0.4, -0.2) is 26.4 Å². The molecule has 0 aliphatic carbocycles. The van der Waals surface area contributed by atoms with Crippen molar-refractivity contribution in [2.24, 2.45) is 0 Å². The van der Waals surface area contributed by atoms with Gasteiger partial charge in [0.05, 0.1) is 11.5 Å². The van der Waals surface area contributed by atoms with Gasteiger partial charge in [0.1, 0.15) is 16.8 Å². The van der Waals surface area contributed by atoms with Gasteiger partial charge in [0.2, 0.25) is 12.5 Å². The summed E-state index contributed by atoms with van der Waals surface area (Å²) in [6.07, 6.45) is 1.51. The predicted molar refractivity (Wildman–Crippen MR) is 83.0 cm³/mol. The molecule has 0 amide bonds. The van der Waals surface area contributed by atoms with Crippen LogP contribution >= 0.6 is 11.6 Å². The van der Waals surface area contributed by atoms with E-state index in [2.05, 4.69) is 15.0 Å². The zero-order chi connectivity index (χ0) is 16.4. The van der Waals surface area contributed by atoms with Crippen molar-refractivity contribution in [2.45, 2.75) is 12.8 Å². The van der Waals surface area contributed by atoms with Crippen molar-refractivity contribution in [1.82, 2.24) is 15.0 Å². The number of nitro groups is 1. The van der Waals surface area contributed by atoms with Crippen molar-refractivity contribution in [3.63, 3.8) is 0 Å². The van der Waals surface area contributed by atoms with E-state index in [1.807, 2.05) is 0 Å². The molecular formula is C12H14ClN7O2. The third kappa shape index (κ3) is 2.98. The lowest BCUT2D eigenvalue weighted by molar-refractivity contribution is -0.481. The van der Waals surface area contributed by atoms with E-state index in [1.54, 1.807) is 13.0 Å². The lowest BCUT2D eigenvalue weighted by Crippen LogP contribution is -2.20. The van der Waals surface area contributed by atoms with Crippen molar-refractivity contribution in [2.75, 3.05) is 23.7 Å². The SMILES string of the molecule is Cc1ccnc(Cl)c1C(C[N+](=O)[O-])c1c(N)nc(N)nc1N. The Morgan fingerprint density at radius 3 is 2.36 bits per heavy atom. The maximum Gasteiger partial charge on any atom is 0.223 e. The topological polar surface area (TPSA) is 160 Å². The summed E-state index contributed by atoms with van der Waals surface area (Å²) in [4.78, 5) is 22.2. The molecule has 0 saturated carbocycles. The second-order valence-electron chi connectivity index (χ2n) is 4.67. The molecule has 10 heteroatoms. The molecule has 0 radical (unpaired) electrons. The van der Waals surface area contributed by atoms with E-state index in [9.17, 15) is 10.1 Å². The minimum absolute atomic E-state index is 0.0174. The Morgan fingerprint density at radius 2 is 1.86 bits per heavy atom. The number of aryl methyl sites for hydroxylation is 1. The molecule has 116 valence electrons. The standard InChI is InChI=1S/C12H14ClN7O2/c1-5-2-3-17-9(13)7(5)6(4-20(21)22)8-10(14)18-12(16)19-11(8)15/h2-3,6H,4H2,1H3,(H6,14,15,16,18,19). The molecule has 2 rings (SSSR count). The van der Waals surface area contributed by atoms with E-state index in [0.717, 1.165) is 5.56 Å². The van der Waals surface area contributed by atoms with Gasteiger partial charge in [-0.25, -0.2) is 4.98 Å². The Hall–Kier alpha value is -2.68. The largest absolute Gasteiger partial charge is 0.383 e. The van der Waals surface area contributed by atoms with E-state index in [-0.39, 0.29) is 28.3 Å². The highest BCUT2D eigenvalue weighted by molar-refractivity contribution is 6.30. The number of hydrogen-bond donors (Lipinski definition) is 3. The fourth-order valence-electron chi connectivity index (χ4n) is 2.31. The van der Waals surface area contributed by atoms with Crippen LogP contribution in [0.25, 0.3) is 0 Å². The first kappa shape index (κ1) is 15.7. The summed E-state index contributed by atoms with van der Waals surface area (Å²) >= 11 is 6.11. The zero-order valence-corrected chi connectivity index (χ0v) is 12.4. The van der Waals surface area contributed by atoms with Crippen molar-refractivity contribution >= 4 is 29.2 Å². The van der Waals surface area contributed by atoms with Gasteiger partial charge < -0.3 is 17.2 Å². The number of hydrogen-bond acceptors (Lipinski definition) is 8. The van der Waals surface area contributed by atoms with Gasteiger partial charge in [-0.2, -0.15) is 9.97 Å². The van der Waals surface area contributed by atoms with Crippen LogP contribution in [0.3, 0.4) is 0 Å². The summed E-state index contributed by atoms with van der Waals surface area (Å²) < 4.78 is 0. The third-order valence-electron chi connectivity index (χ3n) is 3.21. The van der Waals surface area contributed by atoms with E-state index in [0.29, 0.717) is 5.56 Å². The quantitative estimate of drug-likeness (QED) is 0.426. The second-order valence-corrected chi connectivity index (χ2v) is 5.02. The predicted octanol–water partition coefficient (Wildman–Crippen LogP) is 0.989. The fourth-order valence-corrected chi connectivity index (χ4v) is 2.65. The summed E-state index contributed by atoms with van der Waals surface area (Å²) in [5, 5.41) is 11.2. The first-order chi connectivity index (χ1) is 10.3. The molecule has 1 unspecified atom stereocenters. The van der Waals surface area contributed by atoms with Crippen LogP contribution in [0.5, 0.6) is 0 Å². The van der Waals surface area contributed by atoms with Crippen LogP contribution in [0.4, 0.5) is 17.6 Å². The minimum Gasteiger partial charge on any atom is -0.383 e. The lowest BCUT2D eigenvalue weighted by atomic mass is 9.90. The van der Waals surface area contributed by atoms with Crippen LogP contribution in [0.1, 0.15) is 22.6 Å². The van der Waals surface area contributed by atoms with Gasteiger partial charge in [-0.3, -0.25) is 10.1 Å². The number of nitrogens with two attached hydrogens (primary N) is 3. The van der Waals surface area contributed by atoms with E-state index < -0.39 is 17.4 Å². The Bertz CT molecular complexity index is 694. The number of nitrogens with zero attached hydrogens (tertiary/aromatic N) is 4. The molecule has 0 aromatic carbocycles. The number of aromatic nitrogens is 3. The highest BCUT2D eigenvalue weighted by Gasteiger charge is 2.30. The molecule has 0 spiro atoms. The number of halogens is 1.